The van der Waals surface area contributed by atoms with Gasteiger partial charge in [-0.25, -0.2) is 9.59 Å². The zero-order valence-corrected chi connectivity index (χ0v) is 37.4. The minimum Gasteiger partial charge on any atom is -0.447 e. The number of alkyl carbamates (subject to hydrolysis) is 2. The third kappa shape index (κ3) is 11.9. The summed E-state index contributed by atoms with van der Waals surface area (Å²) in [4.78, 5) is 23.1. The average Bonchev–Trinajstić information content (AvgIpc) is 3.88. The van der Waals surface area contributed by atoms with E-state index >= 15 is 0 Å². The number of benzene rings is 4. The molecule has 22 heteroatoms. The molecule has 380 valence electrons. The number of amides is 2. The lowest BCUT2D eigenvalue weighted by atomic mass is 9.77. The lowest BCUT2D eigenvalue weighted by Gasteiger charge is -2.45. The Hall–Kier alpha value is -5.58. The second-order valence-electron chi connectivity index (χ2n) is 18.2. The highest BCUT2D eigenvalue weighted by molar-refractivity contribution is 5.71. The van der Waals surface area contributed by atoms with Crippen molar-refractivity contribution in [3.63, 3.8) is 0 Å². The van der Waals surface area contributed by atoms with E-state index in [0.29, 0.717) is 63.0 Å². The van der Waals surface area contributed by atoms with Crippen LogP contribution in [0.25, 0.3) is 0 Å². The van der Waals surface area contributed by atoms with Gasteiger partial charge in [-0.2, -0.15) is 52.7 Å². The van der Waals surface area contributed by atoms with Crippen LogP contribution in [-0.2, 0) is 54.7 Å². The van der Waals surface area contributed by atoms with E-state index in [1.54, 1.807) is 0 Å². The first kappa shape index (κ1) is 52.2. The smallest absolute Gasteiger partial charge is 0.416 e. The number of nitrogens with one attached hydrogen (secondary N) is 4. The first-order valence-electron chi connectivity index (χ1n) is 22.0. The molecule has 0 saturated carbocycles. The molecule has 2 spiro atoms. The van der Waals surface area contributed by atoms with Crippen LogP contribution in [0.15, 0.2) is 97.1 Å². The van der Waals surface area contributed by atoms with Crippen molar-refractivity contribution in [1.29, 1.82) is 0 Å². The molecule has 2 amide bonds. The van der Waals surface area contributed by atoms with E-state index in [1.807, 2.05) is 60.7 Å². The molecule has 0 radical (unpaired) electrons. The number of carbonyl (C=O) groups is 2. The van der Waals surface area contributed by atoms with Gasteiger partial charge >= 0.3 is 36.9 Å². The monoisotopic (exact) mass is 1000 g/mol. The molecule has 4 aliphatic rings. The Morgan fingerprint density at radius 1 is 0.500 bits per heavy atom. The van der Waals surface area contributed by atoms with Crippen molar-refractivity contribution < 1.29 is 81.2 Å². The van der Waals surface area contributed by atoms with Gasteiger partial charge in [0.1, 0.15) is 13.2 Å². The van der Waals surface area contributed by atoms with E-state index in [-0.39, 0.29) is 49.7 Å². The summed E-state index contributed by atoms with van der Waals surface area (Å²) in [5.74, 6) is 0. The van der Waals surface area contributed by atoms with Gasteiger partial charge in [-0.3, -0.25) is 0 Å². The van der Waals surface area contributed by atoms with Gasteiger partial charge in [0.05, 0.1) is 69.8 Å². The number of halogens is 12. The van der Waals surface area contributed by atoms with Crippen LogP contribution >= 0.6 is 0 Å². The maximum Gasteiger partial charge on any atom is 0.416 e. The fourth-order valence-corrected chi connectivity index (χ4v) is 8.95. The summed E-state index contributed by atoms with van der Waals surface area (Å²) in [6.45, 7) is 3.92. The third-order valence-corrected chi connectivity index (χ3v) is 13.3. The molecule has 4 aromatic carbocycles. The van der Waals surface area contributed by atoms with E-state index in [1.165, 1.54) is 13.8 Å². The van der Waals surface area contributed by atoms with Gasteiger partial charge in [0, 0.05) is 13.1 Å². The summed E-state index contributed by atoms with van der Waals surface area (Å²) < 4.78 is 181. The largest absolute Gasteiger partial charge is 0.447 e. The molecule has 6 atom stereocenters. The molecule has 0 aliphatic carbocycles. The minimum absolute atomic E-state index is 0.0132. The first-order valence-corrected chi connectivity index (χ1v) is 22.0. The summed E-state index contributed by atoms with van der Waals surface area (Å²) in [6.07, 6.45) is -20.8. The van der Waals surface area contributed by atoms with Crippen LogP contribution in [0.5, 0.6) is 0 Å². The van der Waals surface area contributed by atoms with Gasteiger partial charge in [-0.1, -0.05) is 60.7 Å². The van der Waals surface area contributed by atoms with Gasteiger partial charge in [-0.05, 0) is 98.2 Å². The Labute approximate surface area is 393 Å². The normalized spacial score (nSPS) is 25.9. The quantitative estimate of drug-likeness (QED) is 0.116. The van der Waals surface area contributed by atoms with Gasteiger partial charge in [0.25, 0.3) is 0 Å². The molecule has 10 nitrogen and oxygen atoms in total. The topological polar surface area (TPSA) is 119 Å². The van der Waals surface area contributed by atoms with E-state index in [4.69, 9.17) is 18.9 Å². The molecule has 8 rings (SSSR count). The maximum atomic E-state index is 13.3. The van der Waals surface area contributed by atoms with Crippen molar-refractivity contribution in [3.05, 3.63) is 142 Å². The zero-order chi connectivity index (χ0) is 51.0. The zero-order valence-electron chi connectivity index (χ0n) is 37.4. The average molecular weight is 1000 g/mol. The van der Waals surface area contributed by atoms with Crippen LogP contribution in [-0.4, -0.2) is 62.8 Å². The summed E-state index contributed by atoms with van der Waals surface area (Å²) in [6, 6.07) is 21.4. The van der Waals surface area contributed by atoms with Crippen molar-refractivity contribution >= 4 is 12.2 Å². The highest BCUT2D eigenvalue weighted by atomic mass is 19.4. The summed E-state index contributed by atoms with van der Waals surface area (Å²) in [5.41, 5.74) is -6.96. The van der Waals surface area contributed by atoms with Crippen LogP contribution in [0.1, 0.15) is 96.2 Å². The summed E-state index contributed by atoms with van der Waals surface area (Å²) in [5, 5.41) is 12.4. The predicted octanol–water partition coefficient (Wildman–Crippen LogP) is 11.1. The Balaban J connectivity index is 0.000000206. The number of ether oxygens (including phenoxy) is 4. The Bertz CT molecular complexity index is 2230. The molecular formula is C48H48F12N4O6. The number of alkyl halides is 12. The second-order valence-corrected chi connectivity index (χ2v) is 18.2. The van der Waals surface area contributed by atoms with Crippen LogP contribution in [0, 0.1) is 0 Å². The molecule has 4 aliphatic heterocycles. The molecule has 4 saturated heterocycles. The lowest BCUT2D eigenvalue weighted by molar-refractivity contribution is -0.145. The van der Waals surface area contributed by atoms with E-state index in [2.05, 4.69) is 21.3 Å². The van der Waals surface area contributed by atoms with Crippen LogP contribution in [0.2, 0.25) is 0 Å². The Morgan fingerprint density at radius 3 is 1.06 bits per heavy atom. The molecule has 4 N–H and O–H groups in total. The highest BCUT2D eigenvalue weighted by Crippen LogP contribution is 2.43. The van der Waals surface area contributed by atoms with E-state index < -0.39 is 93.5 Å². The molecule has 70 heavy (non-hydrogen) atoms. The lowest BCUT2D eigenvalue weighted by Crippen LogP contribution is -2.62. The van der Waals surface area contributed by atoms with Gasteiger partial charge in [0.2, 0.25) is 0 Å². The van der Waals surface area contributed by atoms with Crippen molar-refractivity contribution in [1.82, 2.24) is 21.3 Å². The number of rotatable bonds is 10. The molecule has 4 heterocycles. The molecule has 0 bridgehead atoms. The SMILES string of the molecule is C[C@@H](OC[C@@]1(c2ccccc2)CC[C@@]2(CN1)COC(=O)N2)c1cc(C(F)(F)F)cc(C(F)(F)F)c1.C[C@@H](OC[C@@]1(c2ccccc2)CC[C@]2(CN1)COC(=O)N2)c1cc(C(F)(F)F)cc(C(F)(F)F)c1. The van der Waals surface area contributed by atoms with Crippen LogP contribution < -0.4 is 21.3 Å². The first-order chi connectivity index (χ1) is 32.6. The van der Waals surface area contributed by atoms with Crippen LogP contribution in [0.4, 0.5) is 62.3 Å². The number of carbonyl (C=O) groups excluding carboxylic acids is 2. The summed E-state index contributed by atoms with van der Waals surface area (Å²) in [7, 11) is 0. The standard InChI is InChI=1S/2C24H24F6N2O3/c2*1-15(16-9-18(23(25,26)27)11-19(10-16)24(28,29)30)34-14-22(17-5-3-2-4-6-17)8-7-21(12-31-22)13-35-20(33)32-21/h2*2-6,9-11,15,31H,7-8,12-14H2,1H3,(H,32,33)/t15-,21+,22-;15-,21-,22-/m11/s1. The van der Waals surface area contributed by atoms with Crippen molar-refractivity contribution in [3.8, 4) is 0 Å². The highest BCUT2D eigenvalue weighted by Gasteiger charge is 2.50. The molecular weight excluding hydrogens is 957 g/mol. The fraction of sp³-hybridized carbons (Fsp3) is 0.458. The van der Waals surface area contributed by atoms with Crippen molar-refractivity contribution in [2.75, 3.05) is 39.5 Å². The number of hydrogen-bond donors (Lipinski definition) is 4. The Morgan fingerprint density at radius 2 is 0.814 bits per heavy atom. The minimum atomic E-state index is -4.94. The number of hydrogen-bond acceptors (Lipinski definition) is 8. The second kappa shape index (κ2) is 19.6. The predicted molar refractivity (Wildman–Crippen MR) is 227 cm³/mol. The third-order valence-electron chi connectivity index (χ3n) is 13.3. The number of piperidine rings is 2. The maximum absolute atomic E-state index is 13.3. The van der Waals surface area contributed by atoms with Crippen LogP contribution in [0.3, 0.4) is 0 Å². The molecule has 4 fully saturated rings. The summed E-state index contributed by atoms with van der Waals surface area (Å²) >= 11 is 0. The molecule has 0 aromatic heterocycles. The molecule has 4 aromatic rings. The van der Waals surface area contributed by atoms with Gasteiger partial charge < -0.3 is 40.2 Å². The van der Waals surface area contributed by atoms with Crippen molar-refractivity contribution in [2.45, 2.75) is 98.6 Å². The van der Waals surface area contributed by atoms with Gasteiger partial charge in [-0.15, -0.1) is 0 Å². The van der Waals surface area contributed by atoms with Crippen molar-refractivity contribution in [2.24, 2.45) is 0 Å². The van der Waals surface area contributed by atoms with E-state index in [0.717, 1.165) is 11.1 Å². The fourth-order valence-electron chi connectivity index (χ4n) is 8.95. The number of cyclic esters (lactones) is 2. The van der Waals surface area contributed by atoms with Gasteiger partial charge in [0.15, 0.2) is 0 Å². The molecule has 0 unspecified atom stereocenters. The van der Waals surface area contributed by atoms with E-state index in [9.17, 15) is 62.3 Å². The Kier molecular flexibility index (Phi) is 14.6.